The number of aryl methyl sites for hydroxylation is 1. The van der Waals surface area contributed by atoms with E-state index in [4.69, 9.17) is 12.2 Å². The van der Waals surface area contributed by atoms with Gasteiger partial charge in [-0.1, -0.05) is 78.9 Å². The number of pyridine rings is 1. The minimum absolute atomic E-state index is 0.708. The average molecular weight is 354 g/mol. The van der Waals surface area contributed by atoms with Crippen LogP contribution in [0.15, 0.2) is 85.1 Å². The Kier molecular flexibility index (Phi) is 4.46. The average Bonchev–Trinajstić information content (AvgIpc) is 2.68. The van der Waals surface area contributed by atoms with Crippen molar-refractivity contribution in [2.24, 2.45) is 0 Å². The van der Waals surface area contributed by atoms with Crippen LogP contribution < -0.4 is 5.32 Å². The van der Waals surface area contributed by atoms with Crippen LogP contribution in [0.2, 0.25) is 0 Å². The van der Waals surface area contributed by atoms with Crippen molar-refractivity contribution in [2.75, 3.05) is 5.32 Å². The van der Waals surface area contributed by atoms with Crippen molar-refractivity contribution in [1.82, 2.24) is 4.98 Å². The lowest BCUT2D eigenvalue weighted by atomic mass is 9.95. The molecule has 0 radical (unpaired) electrons. The van der Waals surface area contributed by atoms with Gasteiger partial charge in [0.15, 0.2) is 0 Å². The quantitative estimate of drug-likeness (QED) is 0.457. The fourth-order valence-electron chi connectivity index (χ4n) is 3.22. The van der Waals surface area contributed by atoms with E-state index in [0.717, 1.165) is 38.8 Å². The second-order valence-electron chi connectivity index (χ2n) is 6.20. The standard InChI is InChI=1S/C23H18N2S/c1-16-8-5-13-19(17-9-3-2-4-10-17)21(16)23(26)25-20-14-6-11-18-12-7-15-24-22(18)20/h2-15H,1H3,(H,25,26). The lowest BCUT2D eigenvalue weighted by Gasteiger charge is -2.16. The summed E-state index contributed by atoms with van der Waals surface area (Å²) in [5.41, 5.74) is 6.35. The van der Waals surface area contributed by atoms with Gasteiger partial charge in [-0.25, -0.2) is 0 Å². The van der Waals surface area contributed by atoms with Crippen LogP contribution in [0.4, 0.5) is 5.69 Å². The van der Waals surface area contributed by atoms with Gasteiger partial charge in [-0.3, -0.25) is 4.98 Å². The largest absolute Gasteiger partial charge is 0.344 e. The molecule has 0 bridgehead atoms. The monoisotopic (exact) mass is 354 g/mol. The third-order valence-electron chi connectivity index (χ3n) is 4.47. The van der Waals surface area contributed by atoms with Gasteiger partial charge in [0.1, 0.15) is 4.99 Å². The van der Waals surface area contributed by atoms with E-state index in [9.17, 15) is 0 Å². The molecule has 126 valence electrons. The molecule has 1 heterocycles. The predicted molar refractivity (Wildman–Crippen MR) is 114 cm³/mol. The van der Waals surface area contributed by atoms with Gasteiger partial charge in [0, 0.05) is 17.1 Å². The molecule has 0 atom stereocenters. The van der Waals surface area contributed by atoms with E-state index in [0.29, 0.717) is 4.99 Å². The summed E-state index contributed by atoms with van der Waals surface area (Å²) in [6, 6.07) is 26.7. The molecule has 0 saturated carbocycles. The SMILES string of the molecule is Cc1cccc(-c2ccccc2)c1C(=S)Nc1cccc2cccnc12. The number of hydrogen-bond acceptors (Lipinski definition) is 2. The minimum atomic E-state index is 0.708. The molecule has 4 aromatic rings. The van der Waals surface area contributed by atoms with Gasteiger partial charge in [0.2, 0.25) is 0 Å². The molecule has 1 N–H and O–H groups in total. The first-order chi connectivity index (χ1) is 12.7. The number of anilines is 1. The smallest absolute Gasteiger partial charge is 0.111 e. The van der Waals surface area contributed by atoms with Crippen LogP contribution in [0.5, 0.6) is 0 Å². The van der Waals surface area contributed by atoms with Gasteiger partial charge in [-0.15, -0.1) is 0 Å². The highest BCUT2D eigenvalue weighted by Gasteiger charge is 2.13. The molecule has 2 nitrogen and oxygen atoms in total. The fourth-order valence-corrected chi connectivity index (χ4v) is 3.60. The molecule has 26 heavy (non-hydrogen) atoms. The molecule has 0 aliphatic carbocycles. The zero-order chi connectivity index (χ0) is 17.9. The number of nitrogens with zero attached hydrogens (tertiary/aromatic N) is 1. The lowest BCUT2D eigenvalue weighted by Crippen LogP contribution is -2.14. The van der Waals surface area contributed by atoms with E-state index in [1.54, 1.807) is 6.20 Å². The number of benzene rings is 3. The lowest BCUT2D eigenvalue weighted by molar-refractivity contribution is 1.40. The molecule has 0 spiro atoms. The molecule has 3 heteroatoms. The van der Waals surface area contributed by atoms with Crippen molar-refractivity contribution in [3.8, 4) is 11.1 Å². The summed E-state index contributed by atoms with van der Waals surface area (Å²) >= 11 is 5.80. The zero-order valence-corrected chi connectivity index (χ0v) is 15.3. The number of hydrogen-bond donors (Lipinski definition) is 1. The van der Waals surface area contributed by atoms with Crippen molar-refractivity contribution >= 4 is 33.8 Å². The van der Waals surface area contributed by atoms with Crippen LogP contribution in [0.1, 0.15) is 11.1 Å². The second kappa shape index (κ2) is 7.06. The van der Waals surface area contributed by atoms with Crippen molar-refractivity contribution in [3.63, 3.8) is 0 Å². The summed E-state index contributed by atoms with van der Waals surface area (Å²) in [4.78, 5) is 5.22. The van der Waals surface area contributed by atoms with E-state index < -0.39 is 0 Å². The van der Waals surface area contributed by atoms with Crippen LogP contribution in [0.3, 0.4) is 0 Å². The van der Waals surface area contributed by atoms with Crippen LogP contribution in [0.25, 0.3) is 22.0 Å². The Morgan fingerprint density at radius 2 is 1.62 bits per heavy atom. The minimum Gasteiger partial charge on any atom is -0.344 e. The van der Waals surface area contributed by atoms with Gasteiger partial charge in [-0.05, 0) is 35.7 Å². The highest BCUT2D eigenvalue weighted by atomic mass is 32.1. The third-order valence-corrected chi connectivity index (χ3v) is 4.77. The Morgan fingerprint density at radius 1 is 0.846 bits per heavy atom. The van der Waals surface area contributed by atoms with E-state index in [2.05, 4.69) is 59.7 Å². The van der Waals surface area contributed by atoms with Crippen LogP contribution in [-0.2, 0) is 0 Å². The maximum atomic E-state index is 5.80. The highest BCUT2D eigenvalue weighted by molar-refractivity contribution is 7.81. The first kappa shape index (κ1) is 16.4. The van der Waals surface area contributed by atoms with Gasteiger partial charge in [-0.2, -0.15) is 0 Å². The summed E-state index contributed by atoms with van der Waals surface area (Å²) in [5, 5.41) is 4.51. The normalized spacial score (nSPS) is 10.7. The third kappa shape index (κ3) is 3.09. The van der Waals surface area contributed by atoms with E-state index >= 15 is 0 Å². The maximum absolute atomic E-state index is 5.80. The Bertz CT molecular complexity index is 1080. The Balaban J connectivity index is 1.78. The molecular weight excluding hydrogens is 336 g/mol. The number of thiocarbonyl (C=S) groups is 1. The summed E-state index contributed by atoms with van der Waals surface area (Å²) in [7, 11) is 0. The van der Waals surface area contributed by atoms with Crippen LogP contribution >= 0.6 is 12.2 Å². The van der Waals surface area contributed by atoms with Gasteiger partial charge >= 0.3 is 0 Å². The molecule has 0 saturated heterocycles. The van der Waals surface area contributed by atoms with Gasteiger partial charge in [0.05, 0.1) is 11.2 Å². The predicted octanol–water partition coefficient (Wildman–Crippen LogP) is 6.00. The van der Waals surface area contributed by atoms with Crippen LogP contribution in [0, 0.1) is 6.92 Å². The molecule has 0 aliphatic heterocycles. The highest BCUT2D eigenvalue weighted by Crippen LogP contribution is 2.28. The summed E-state index contributed by atoms with van der Waals surface area (Å²) < 4.78 is 0. The van der Waals surface area contributed by atoms with Crippen LogP contribution in [-0.4, -0.2) is 9.97 Å². The molecule has 0 amide bonds. The molecule has 3 aromatic carbocycles. The summed E-state index contributed by atoms with van der Waals surface area (Å²) in [5.74, 6) is 0. The number of rotatable bonds is 3. The molecule has 4 rings (SSSR count). The molecule has 0 fully saturated rings. The van der Waals surface area contributed by atoms with Crippen molar-refractivity contribution in [2.45, 2.75) is 6.92 Å². The van der Waals surface area contributed by atoms with Crippen molar-refractivity contribution in [1.29, 1.82) is 0 Å². The number of nitrogens with one attached hydrogen (secondary N) is 1. The molecule has 0 aliphatic rings. The number of fused-ring (bicyclic) bond motifs is 1. The zero-order valence-electron chi connectivity index (χ0n) is 14.4. The topological polar surface area (TPSA) is 24.9 Å². The van der Waals surface area contributed by atoms with Crippen molar-refractivity contribution < 1.29 is 0 Å². The maximum Gasteiger partial charge on any atom is 0.111 e. The van der Waals surface area contributed by atoms with E-state index in [1.165, 1.54) is 0 Å². The van der Waals surface area contributed by atoms with Gasteiger partial charge < -0.3 is 5.32 Å². The number of aromatic nitrogens is 1. The Morgan fingerprint density at radius 3 is 2.46 bits per heavy atom. The number of para-hydroxylation sites is 1. The van der Waals surface area contributed by atoms with E-state index in [1.807, 2.05) is 36.4 Å². The Labute approximate surface area is 158 Å². The first-order valence-corrected chi connectivity index (χ1v) is 8.95. The molecule has 1 aromatic heterocycles. The molecular formula is C23H18N2S. The summed E-state index contributed by atoms with van der Waals surface area (Å²) in [6.07, 6.45) is 1.81. The van der Waals surface area contributed by atoms with Crippen molar-refractivity contribution in [3.05, 3.63) is 96.2 Å². The Hall–Kier alpha value is -3.04. The van der Waals surface area contributed by atoms with Gasteiger partial charge in [0.25, 0.3) is 0 Å². The first-order valence-electron chi connectivity index (χ1n) is 8.54. The van der Waals surface area contributed by atoms with E-state index in [-0.39, 0.29) is 0 Å². The fraction of sp³-hybridized carbons (Fsp3) is 0.0435. The molecule has 0 unspecified atom stereocenters. The second-order valence-corrected chi connectivity index (χ2v) is 6.61. The summed E-state index contributed by atoms with van der Waals surface area (Å²) in [6.45, 7) is 2.09.